The second-order valence-corrected chi connectivity index (χ2v) is 5.10. The van der Waals surface area contributed by atoms with Gasteiger partial charge in [0, 0.05) is 18.0 Å². The van der Waals surface area contributed by atoms with Gasteiger partial charge in [0.05, 0.1) is 0 Å². The fraction of sp³-hybridized carbons (Fsp3) is 0.727. The van der Waals surface area contributed by atoms with Crippen molar-refractivity contribution >= 4 is 16.5 Å². The molecule has 0 aromatic carbocycles. The highest BCUT2D eigenvalue weighted by Crippen LogP contribution is 2.35. The Kier molecular flexibility index (Phi) is 3.61. The van der Waals surface area contributed by atoms with Gasteiger partial charge in [-0.25, -0.2) is 4.98 Å². The number of aromatic nitrogens is 1. The van der Waals surface area contributed by atoms with Crippen LogP contribution in [0.3, 0.4) is 0 Å². The van der Waals surface area contributed by atoms with Crippen molar-refractivity contribution in [1.29, 1.82) is 0 Å². The van der Waals surface area contributed by atoms with Gasteiger partial charge in [-0.2, -0.15) is 13.2 Å². The zero-order valence-corrected chi connectivity index (χ0v) is 10.4. The Labute approximate surface area is 102 Å². The SMILES string of the molecule is CCC1CCCCN1c1nc(C(F)(F)F)cs1. The van der Waals surface area contributed by atoms with Gasteiger partial charge in [0.25, 0.3) is 0 Å². The predicted octanol–water partition coefficient (Wildman–Crippen LogP) is 3.93. The van der Waals surface area contributed by atoms with Crippen LogP contribution in [-0.4, -0.2) is 17.6 Å². The van der Waals surface area contributed by atoms with Crippen LogP contribution in [0.15, 0.2) is 5.38 Å². The maximum absolute atomic E-state index is 12.5. The molecule has 1 aliphatic rings. The van der Waals surface area contributed by atoms with E-state index >= 15 is 0 Å². The second kappa shape index (κ2) is 4.84. The Balaban J connectivity index is 2.18. The first kappa shape index (κ1) is 12.7. The summed E-state index contributed by atoms with van der Waals surface area (Å²) in [7, 11) is 0. The molecule has 1 atom stereocenters. The lowest BCUT2D eigenvalue weighted by Gasteiger charge is -2.35. The first-order valence-electron chi connectivity index (χ1n) is 5.81. The molecule has 1 saturated heterocycles. The smallest absolute Gasteiger partial charge is 0.345 e. The summed E-state index contributed by atoms with van der Waals surface area (Å²) in [6.07, 6.45) is -0.117. The lowest BCUT2D eigenvalue weighted by molar-refractivity contribution is -0.140. The molecule has 96 valence electrons. The zero-order valence-electron chi connectivity index (χ0n) is 9.63. The standard InChI is InChI=1S/C11H15F3N2S/c1-2-8-5-3-4-6-16(8)10-15-9(7-17-10)11(12,13)14/h7-8H,2-6H2,1H3. The molecule has 0 amide bonds. The van der Waals surface area contributed by atoms with Gasteiger partial charge in [0.2, 0.25) is 0 Å². The number of alkyl halides is 3. The molecule has 1 aliphatic heterocycles. The third-order valence-electron chi connectivity index (χ3n) is 3.13. The van der Waals surface area contributed by atoms with Gasteiger partial charge in [0.15, 0.2) is 10.8 Å². The fourth-order valence-corrected chi connectivity index (χ4v) is 3.13. The minimum Gasteiger partial charge on any atom is -0.345 e. The summed E-state index contributed by atoms with van der Waals surface area (Å²) >= 11 is 1.10. The summed E-state index contributed by atoms with van der Waals surface area (Å²) in [5.41, 5.74) is -0.766. The first-order valence-corrected chi connectivity index (χ1v) is 6.69. The summed E-state index contributed by atoms with van der Waals surface area (Å²) in [4.78, 5) is 5.75. The summed E-state index contributed by atoms with van der Waals surface area (Å²) in [5.74, 6) is 0. The van der Waals surface area contributed by atoms with Gasteiger partial charge in [0.1, 0.15) is 0 Å². The summed E-state index contributed by atoms with van der Waals surface area (Å²) in [5, 5.41) is 1.63. The van der Waals surface area contributed by atoms with Gasteiger partial charge in [-0.05, 0) is 25.7 Å². The molecule has 2 heterocycles. The van der Waals surface area contributed by atoms with Gasteiger partial charge < -0.3 is 4.90 Å². The highest BCUT2D eigenvalue weighted by atomic mass is 32.1. The van der Waals surface area contributed by atoms with Crippen molar-refractivity contribution in [2.45, 2.75) is 44.8 Å². The molecule has 2 nitrogen and oxygen atoms in total. The molecule has 0 saturated carbocycles. The van der Waals surface area contributed by atoms with E-state index in [0.717, 1.165) is 48.9 Å². The molecule has 1 aromatic rings. The minimum absolute atomic E-state index is 0.344. The lowest BCUT2D eigenvalue weighted by atomic mass is 10.0. The monoisotopic (exact) mass is 264 g/mol. The molecule has 2 rings (SSSR count). The number of hydrogen-bond acceptors (Lipinski definition) is 3. The van der Waals surface area contributed by atoms with Crippen molar-refractivity contribution in [3.05, 3.63) is 11.1 Å². The molecule has 0 bridgehead atoms. The molecular formula is C11H15F3N2S. The maximum atomic E-state index is 12.5. The van der Waals surface area contributed by atoms with E-state index in [1.165, 1.54) is 0 Å². The van der Waals surface area contributed by atoms with Crippen molar-refractivity contribution in [1.82, 2.24) is 4.98 Å². The minimum atomic E-state index is -4.33. The zero-order chi connectivity index (χ0) is 12.5. The summed E-state index contributed by atoms with van der Waals surface area (Å²) in [6.45, 7) is 2.89. The molecule has 1 unspecified atom stereocenters. The highest BCUT2D eigenvalue weighted by molar-refractivity contribution is 7.13. The molecule has 0 radical (unpaired) electrons. The number of halogens is 3. The number of nitrogens with zero attached hydrogens (tertiary/aromatic N) is 2. The second-order valence-electron chi connectivity index (χ2n) is 4.26. The van der Waals surface area contributed by atoms with Crippen LogP contribution >= 0.6 is 11.3 Å². The maximum Gasteiger partial charge on any atom is 0.434 e. The summed E-state index contributed by atoms with van der Waals surface area (Å²) < 4.78 is 37.4. The number of hydrogen-bond donors (Lipinski definition) is 0. The quantitative estimate of drug-likeness (QED) is 0.804. The Hall–Kier alpha value is -0.780. The molecule has 17 heavy (non-hydrogen) atoms. The van der Waals surface area contributed by atoms with E-state index in [2.05, 4.69) is 11.9 Å². The molecule has 6 heteroatoms. The van der Waals surface area contributed by atoms with E-state index < -0.39 is 11.9 Å². The van der Waals surface area contributed by atoms with Gasteiger partial charge >= 0.3 is 6.18 Å². The van der Waals surface area contributed by atoms with Crippen LogP contribution in [0.25, 0.3) is 0 Å². The molecule has 0 aliphatic carbocycles. The van der Waals surface area contributed by atoms with Gasteiger partial charge in [-0.3, -0.25) is 0 Å². The average Bonchev–Trinajstić information content (AvgIpc) is 2.77. The van der Waals surface area contributed by atoms with E-state index in [0.29, 0.717) is 11.2 Å². The van der Waals surface area contributed by atoms with Crippen LogP contribution in [-0.2, 0) is 6.18 Å². The van der Waals surface area contributed by atoms with E-state index in [1.807, 2.05) is 4.90 Å². The fourth-order valence-electron chi connectivity index (χ4n) is 2.20. The Morgan fingerprint density at radius 2 is 2.24 bits per heavy atom. The van der Waals surface area contributed by atoms with Crippen molar-refractivity contribution in [2.24, 2.45) is 0 Å². The predicted molar refractivity (Wildman–Crippen MR) is 62.4 cm³/mol. The van der Waals surface area contributed by atoms with E-state index in [-0.39, 0.29) is 0 Å². The number of thiazole rings is 1. The topological polar surface area (TPSA) is 16.1 Å². The Bertz CT molecular complexity index is 375. The molecule has 0 spiro atoms. The van der Waals surface area contributed by atoms with E-state index in [9.17, 15) is 13.2 Å². The van der Waals surface area contributed by atoms with Crippen LogP contribution in [0, 0.1) is 0 Å². The number of piperidine rings is 1. The number of anilines is 1. The highest BCUT2D eigenvalue weighted by Gasteiger charge is 2.35. The van der Waals surface area contributed by atoms with E-state index in [1.54, 1.807) is 0 Å². The van der Waals surface area contributed by atoms with Crippen LogP contribution < -0.4 is 4.90 Å². The third kappa shape index (κ3) is 2.73. The van der Waals surface area contributed by atoms with Gasteiger partial charge in [-0.15, -0.1) is 11.3 Å². The van der Waals surface area contributed by atoms with Crippen molar-refractivity contribution in [3.8, 4) is 0 Å². The Morgan fingerprint density at radius 3 is 2.82 bits per heavy atom. The van der Waals surface area contributed by atoms with Crippen molar-refractivity contribution < 1.29 is 13.2 Å². The van der Waals surface area contributed by atoms with Crippen LogP contribution in [0.4, 0.5) is 18.3 Å². The lowest BCUT2D eigenvalue weighted by Crippen LogP contribution is -2.39. The Morgan fingerprint density at radius 1 is 1.47 bits per heavy atom. The van der Waals surface area contributed by atoms with Crippen LogP contribution in [0.1, 0.15) is 38.3 Å². The molecular weight excluding hydrogens is 249 g/mol. The normalized spacial score (nSPS) is 21.9. The number of rotatable bonds is 2. The van der Waals surface area contributed by atoms with E-state index in [4.69, 9.17) is 0 Å². The van der Waals surface area contributed by atoms with Gasteiger partial charge in [-0.1, -0.05) is 6.92 Å². The average molecular weight is 264 g/mol. The largest absolute Gasteiger partial charge is 0.434 e. The first-order chi connectivity index (χ1) is 8.02. The van der Waals surface area contributed by atoms with Crippen molar-refractivity contribution in [2.75, 3.05) is 11.4 Å². The molecule has 0 N–H and O–H groups in total. The molecule has 1 fully saturated rings. The van der Waals surface area contributed by atoms with Crippen molar-refractivity contribution in [3.63, 3.8) is 0 Å². The van der Waals surface area contributed by atoms with Crippen LogP contribution in [0.2, 0.25) is 0 Å². The third-order valence-corrected chi connectivity index (χ3v) is 4.00. The summed E-state index contributed by atoms with van der Waals surface area (Å²) in [6, 6.07) is 0.344. The molecule has 1 aromatic heterocycles. The van der Waals surface area contributed by atoms with Crippen LogP contribution in [0.5, 0.6) is 0 Å².